The molecule has 1 rings (SSSR count). The highest BCUT2D eigenvalue weighted by molar-refractivity contribution is 6.32. The molecule has 25 heavy (non-hydrogen) atoms. The molecule has 0 heterocycles. The average molecular weight is 372 g/mol. The minimum Gasteiger partial charge on any atom is -0.487 e. The molecule has 1 N–H and O–H groups in total. The van der Waals surface area contributed by atoms with Crippen LogP contribution in [0.5, 0.6) is 5.75 Å². The minimum atomic E-state index is -0.848. The molecule has 0 aliphatic carbocycles. The highest BCUT2D eigenvalue weighted by Crippen LogP contribution is 2.29. The Morgan fingerprint density at radius 1 is 1.32 bits per heavy atom. The van der Waals surface area contributed by atoms with Gasteiger partial charge in [0, 0.05) is 19.4 Å². The van der Waals surface area contributed by atoms with E-state index < -0.39 is 5.60 Å². The van der Waals surface area contributed by atoms with Gasteiger partial charge in [-0.25, -0.2) is 0 Å². The summed E-state index contributed by atoms with van der Waals surface area (Å²) in [4.78, 5) is 12.7. The van der Waals surface area contributed by atoms with Crippen LogP contribution in [0.3, 0.4) is 0 Å². The van der Waals surface area contributed by atoms with E-state index in [4.69, 9.17) is 25.8 Å². The third-order valence-electron chi connectivity index (χ3n) is 3.75. The maximum atomic E-state index is 12.7. The van der Waals surface area contributed by atoms with Crippen molar-refractivity contribution in [2.75, 3.05) is 25.6 Å². The number of nitrogens with one attached hydrogen (secondary N) is 1. The average Bonchev–Trinajstić information content (AvgIpc) is 2.56. The summed E-state index contributed by atoms with van der Waals surface area (Å²) >= 11 is 6.27. The number of amides is 1. The van der Waals surface area contributed by atoms with Gasteiger partial charge < -0.3 is 19.5 Å². The normalized spacial score (nSPS) is 14.6. The summed E-state index contributed by atoms with van der Waals surface area (Å²) in [6.07, 6.45) is 2.27. The van der Waals surface area contributed by atoms with Crippen LogP contribution in [-0.4, -0.2) is 37.9 Å². The van der Waals surface area contributed by atoms with Gasteiger partial charge in [-0.3, -0.25) is 4.79 Å². The summed E-state index contributed by atoms with van der Waals surface area (Å²) < 4.78 is 16.6. The topological polar surface area (TPSA) is 56.8 Å². The first-order valence-electron chi connectivity index (χ1n) is 8.76. The smallest absolute Gasteiger partial charge is 0.256 e. The van der Waals surface area contributed by atoms with E-state index in [9.17, 15) is 4.79 Å². The second kappa shape index (κ2) is 10.6. The monoisotopic (exact) mass is 371 g/mol. The molecule has 0 saturated carbocycles. The fourth-order valence-corrected chi connectivity index (χ4v) is 2.70. The van der Waals surface area contributed by atoms with Gasteiger partial charge in [0.2, 0.25) is 0 Å². The Bertz CT molecular complexity index is 552. The third-order valence-corrected chi connectivity index (χ3v) is 4.05. The predicted molar refractivity (Wildman–Crippen MR) is 102 cm³/mol. The van der Waals surface area contributed by atoms with Gasteiger partial charge in [0.1, 0.15) is 17.5 Å². The molecular weight excluding hydrogens is 342 g/mol. The fourth-order valence-electron chi connectivity index (χ4n) is 2.48. The Labute approximate surface area is 156 Å². The quantitative estimate of drug-likeness (QED) is 0.613. The van der Waals surface area contributed by atoms with Gasteiger partial charge in [-0.15, -0.1) is 0 Å². The Kier molecular flexibility index (Phi) is 9.25. The van der Waals surface area contributed by atoms with Crippen LogP contribution in [0.1, 0.15) is 47.0 Å². The molecule has 2 atom stereocenters. The van der Waals surface area contributed by atoms with E-state index in [1.807, 2.05) is 27.7 Å². The molecule has 0 aromatic heterocycles. The summed E-state index contributed by atoms with van der Waals surface area (Å²) in [6.45, 7) is 8.80. The third kappa shape index (κ3) is 6.84. The molecule has 6 heteroatoms. The van der Waals surface area contributed by atoms with E-state index in [0.717, 1.165) is 12.8 Å². The van der Waals surface area contributed by atoms with Crippen LogP contribution in [0.2, 0.25) is 5.02 Å². The number of halogens is 1. The molecular formula is C19H30ClNO4. The predicted octanol–water partition coefficient (Wildman–Crippen LogP) is 4.68. The number of carbonyl (C=O) groups excluding carboxylic acids is 1. The van der Waals surface area contributed by atoms with E-state index in [1.165, 1.54) is 0 Å². The van der Waals surface area contributed by atoms with Crippen molar-refractivity contribution in [3.63, 3.8) is 0 Å². The van der Waals surface area contributed by atoms with Gasteiger partial charge in [0.15, 0.2) is 0 Å². The zero-order chi connectivity index (χ0) is 18.9. The van der Waals surface area contributed by atoms with Gasteiger partial charge in [0.25, 0.3) is 5.91 Å². The summed E-state index contributed by atoms with van der Waals surface area (Å²) in [5.74, 6) is 0.392. The molecule has 5 nitrogen and oxygen atoms in total. The van der Waals surface area contributed by atoms with E-state index in [-0.39, 0.29) is 12.0 Å². The number of benzene rings is 1. The van der Waals surface area contributed by atoms with Crippen molar-refractivity contribution in [1.29, 1.82) is 0 Å². The maximum absolute atomic E-state index is 12.7. The maximum Gasteiger partial charge on any atom is 0.256 e. The zero-order valence-electron chi connectivity index (χ0n) is 15.9. The van der Waals surface area contributed by atoms with Crippen molar-refractivity contribution >= 4 is 23.2 Å². The SMILES string of the molecule is CCCO[C@@](C)(CCC)C(=O)Nc1ccc(O[C@H](C)COC)c(Cl)c1. The lowest BCUT2D eigenvalue weighted by molar-refractivity contribution is -0.140. The molecule has 0 fully saturated rings. The van der Waals surface area contributed by atoms with Crippen LogP contribution >= 0.6 is 11.6 Å². The van der Waals surface area contributed by atoms with Gasteiger partial charge in [0.05, 0.1) is 11.6 Å². The van der Waals surface area contributed by atoms with Crippen LogP contribution < -0.4 is 10.1 Å². The van der Waals surface area contributed by atoms with Gasteiger partial charge in [-0.05, 0) is 44.9 Å². The van der Waals surface area contributed by atoms with E-state index in [2.05, 4.69) is 5.32 Å². The van der Waals surface area contributed by atoms with Crippen LogP contribution in [0, 0.1) is 0 Å². The molecule has 0 bridgehead atoms. The molecule has 0 radical (unpaired) electrons. The number of rotatable bonds is 11. The number of anilines is 1. The van der Waals surface area contributed by atoms with Crippen LogP contribution in [0.4, 0.5) is 5.69 Å². The first kappa shape index (κ1) is 21.7. The Hall–Kier alpha value is -1.30. The van der Waals surface area contributed by atoms with Crippen molar-refractivity contribution < 1.29 is 19.0 Å². The number of hydrogen-bond donors (Lipinski definition) is 1. The lowest BCUT2D eigenvalue weighted by atomic mass is 9.99. The van der Waals surface area contributed by atoms with E-state index >= 15 is 0 Å². The van der Waals surface area contributed by atoms with Gasteiger partial charge in [-0.2, -0.15) is 0 Å². The molecule has 0 aliphatic rings. The van der Waals surface area contributed by atoms with Gasteiger partial charge in [-0.1, -0.05) is 31.9 Å². The summed E-state index contributed by atoms with van der Waals surface area (Å²) in [7, 11) is 1.62. The van der Waals surface area contributed by atoms with Crippen LogP contribution in [0.25, 0.3) is 0 Å². The van der Waals surface area contributed by atoms with Crippen molar-refractivity contribution in [3.05, 3.63) is 23.2 Å². The standard InChI is InChI=1S/C19H30ClNO4/c1-6-10-19(4,24-11-7-2)18(22)21-15-8-9-17(16(20)12-15)25-14(3)13-23-5/h8-9,12,14H,6-7,10-11,13H2,1-5H3,(H,21,22)/t14-,19+/m1/s1. The first-order valence-corrected chi connectivity index (χ1v) is 9.14. The molecule has 0 spiro atoms. The van der Waals surface area contributed by atoms with Gasteiger partial charge >= 0.3 is 0 Å². The molecule has 1 aromatic carbocycles. The zero-order valence-corrected chi connectivity index (χ0v) is 16.6. The van der Waals surface area contributed by atoms with E-state index in [0.29, 0.717) is 36.1 Å². The minimum absolute atomic E-state index is 0.113. The molecule has 1 amide bonds. The highest BCUT2D eigenvalue weighted by Gasteiger charge is 2.33. The molecule has 142 valence electrons. The highest BCUT2D eigenvalue weighted by atomic mass is 35.5. The lowest BCUT2D eigenvalue weighted by Gasteiger charge is -2.28. The van der Waals surface area contributed by atoms with Crippen molar-refractivity contribution in [2.45, 2.75) is 58.7 Å². The molecule has 0 unspecified atom stereocenters. The van der Waals surface area contributed by atoms with Crippen molar-refractivity contribution in [3.8, 4) is 5.75 Å². The molecule has 0 aliphatic heterocycles. The summed E-state index contributed by atoms with van der Waals surface area (Å²) in [5.41, 5.74) is -0.233. The van der Waals surface area contributed by atoms with Crippen LogP contribution in [-0.2, 0) is 14.3 Å². The Morgan fingerprint density at radius 3 is 2.60 bits per heavy atom. The Morgan fingerprint density at radius 2 is 2.04 bits per heavy atom. The largest absolute Gasteiger partial charge is 0.487 e. The number of carbonyl (C=O) groups is 1. The number of ether oxygens (including phenoxy) is 3. The number of hydrogen-bond acceptors (Lipinski definition) is 4. The molecule has 1 aromatic rings. The molecule has 0 saturated heterocycles. The first-order chi connectivity index (χ1) is 11.9. The second-order valence-electron chi connectivity index (χ2n) is 6.31. The Balaban J connectivity index is 2.81. The lowest BCUT2D eigenvalue weighted by Crippen LogP contribution is -2.43. The fraction of sp³-hybridized carbons (Fsp3) is 0.632. The van der Waals surface area contributed by atoms with Crippen LogP contribution in [0.15, 0.2) is 18.2 Å². The second-order valence-corrected chi connectivity index (χ2v) is 6.72. The van der Waals surface area contributed by atoms with Crippen molar-refractivity contribution in [2.24, 2.45) is 0 Å². The number of methoxy groups -OCH3 is 1. The van der Waals surface area contributed by atoms with Crippen molar-refractivity contribution in [1.82, 2.24) is 0 Å². The summed E-state index contributed by atoms with van der Waals surface area (Å²) in [5, 5.41) is 3.33. The van der Waals surface area contributed by atoms with E-state index in [1.54, 1.807) is 25.3 Å². The summed E-state index contributed by atoms with van der Waals surface area (Å²) in [6, 6.07) is 5.19.